The summed E-state index contributed by atoms with van der Waals surface area (Å²) in [4.78, 5) is 25.8. The van der Waals surface area contributed by atoms with Crippen LogP contribution in [0.4, 0.5) is 0 Å². The first kappa shape index (κ1) is 17.8. The van der Waals surface area contributed by atoms with Gasteiger partial charge in [-0.2, -0.15) is 4.98 Å². The largest absolute Gasteiger partial charge is 0.381 e. The third kappa shape index (κ3) is 3.10. The van der Waals surface area contributed by atoms with E-state index in [2.05, 4.69) is 27.1 Å². The molecule has 1 spiro atoms. The Morgan fingerprint density at radius 3 is 2.82 bits per heavy atom. The highest BCUT2D eigenvalue weighted by molar-refractivity contribution is 5.80. The standard InChI is InChI=1S/C20H25N5O3/c1-24-11-20(12-25(13-20)19(26)14-4-7-27-8-5-14)9-16(24)18-22-17(23-28-18)15-3-2-6-21-10-15/h2-3,6,10,14,16H,4-5,7-9,11-13H2,1H3. The zero-order valence-corrected chi connectivity index (χ0v) is 16.1. The third-order valence-electron chi connectivity index (χ3n) is 6.32. The second kappa shape index (κ2) is 6.93. The number of nitrogens with zero attached hydrogens (tertiary/aromatic N) is 5. The Balaban J connectivity index is 1.24. The zero-order chi connectivity index (χ0) is 19.1. The van der Waals surface area contributed by atoms with Gasteiger partial charge in [-0.05, 0) is 38.4 Å². The lowest BCUT2D eigenvalue weighted by Gasteiger charge is -2.49. The highest BCUT2D eigenvalue weighted by Crippen LogP contribution is 2.48. The van der Waals surface area contributed by atoms with Crippen molar-refractivity contribution < 1.29 is 14.1 Å². The SMILES string of the molecule is CN1CC2(CC1c1nc(-c3cccnc3)no1)CN(C(=O)C1CCOCC1)C2. The van der Waals surface area contributed by atoms with Crippen LogP contribution < -0.4 is 0 Å². The summed E-state index contributed by atoms with van der Waals surface area (Å²) < 4.78 is 11.0. The summed E-state index contributed by atoms with van der Waals surface area (Å²) >= 11 is 0. The number of rotatable bonds is 3. The number of ether oxygens (including phenoxy) is 1. The molecule has 5 rings (SSSR count). The van der Waals surface area contributed by atoms with Crippen molar-refractivity contribution in [1.29, 1.82) is 0 Å². The summed E-state index contributed by atoms with van der Waals surface area (Å²) in [7, 11) is 2.09. The van der Waals surface area contributed by atoms with Gasteiger partial charge in [-0.3, -0.25) is 14.7 Å². The van der Waals surface area contributed by atoms with Crippen molar-refractivity contribution in [3.63, 3.8) is 0 Å². The van der Waals surface area contributed by atoms with E-state index in [9.17, 15) is 4.79 Å². The smallest absolute Gasteiger partial charge is 0.244 e. The summed E-state index contributed by atoms with van der Waals surface area (Å²) in [6.45, 7) is 4.01. The van der Waals surface area contributed by atoms with E-state index in [4.69, 9.17) is 9.26 Å². The van der Waals surface area contributed by atoms with Crippen LogP contribution in [0, 0.1) is 11.3 Å². The highest BCUT2D eigenvalue weighted by atomic mass is 16.5. The van der Waals surface area contributed by atoms with Crippen molar-refractivity contribution in [2.24, 2.45) is 11.3 Å². The first-order valence-corrected chi connectivity index (χ1v) is 9.94. The van der Waals surface area contributed by atoms with Gasteiger partial charge in [0.05, 0.1) is 6.04 Å². The van der Waals surface area contributed by atoms with E-state index in [0.717, 1.165) is 44.5 Å². The lowest BCUT2D eigenvalue weighted by Crippen LogP contribution is -2.60. The maximum atomic E-state index is 12.7. The molecule has 3 saturated heterocycles. The summed E-state index contributed by atoms with van der Waals surface area (Å²) in [5.41, 5.74) is 0.994. The molecule has 0 bridgehead atoms. The van der Waals surface area contributed by atoms with Crippen molar-refractivity contribution in [2.45, 2.75) is 25.3 Å². The first-order valence-electron chi connectivity index (χ1n) is 9.94. The van der Waals surface area contributed by atoms with Gasteiger partial charge in [0.15, 0.2) is 0 Å². The maximum absolute atomic E-state index is 12.7. The number of hydrogen-bond acceptors (Lipinski definition) is 7. The molecular formula is C20H25N5O3. The van der Waals surface area contributed by atoms with Gasteiger partial charge in [0, 0.05) is 62.1 Å². The number of carbonyl (C=O) groups excluding carboxylic acids is 1. The summed E-state index contributed by atoms with van der Waals surface area (Å²) in [5.74, 6) is 1.66. The van der Waals surface area contributed by atoms with Crippen LogP contribution >= 0.6 is 0 Å². The molecule has 3 aliphatic heterocycles. The molecule has 8 nitrogen and oxygen atoms in total. The Morgan fingerprint density at radius 2 is 2.07 bits per heavy atom. The first-order chi connectivity index (χ1) is 13.6. The van der Waals surface area contributed by atoms with Crippen LogP contribution in [0.2, 0.25) is 0 Å². The molecule has 1 atom stereocenters. The van der Waals surface area contributed by atoms with Gasteiger partial charge < -0.3 is 14.2 Å². The Kier molecular flexibility index (Phi) is 4.40. The monoisotopic (exact) mass is 383 g/mol. The number of carbonyl (C=O) groups is 1. The number of likely N-dealkylation sites (tertiary alicyclic amines) is 2. The molecule has 0 N–H and O–H groups in total. The minimum absolute atomic E-state index is 0.0956. The highest BCUT2D eigenvalue weighted by Gasteiger charge is 2.53. The van der Waals surface area contributed by atoms with Gasteiger partial charge in [-0.25, -0.2) is 0 Å². The fourth-order valence-electron chi connectivity index (χ4n) is 4.88. The molecule has 28 heavy (non-hydrogen) atoms. The van der Waals surface area contributed by atoms with Gasteiger partial charge in [0.1, 0.15) is 0 Å². The molecule has 5 heterocycles. The van der Waals surface area contributed by atoms with Gasteiger partial charge in [-0.1, -0.05) is 5.16 Å². The topological polar surface area (TPSA) is 84.6 Å². The average Bonchev–Trinajstić information content (AvgIpc) is 3.32. The van der Waals surface area contributed by atoms with Crippen LogP contribution in [0.25, 0.3) is 11.4 Å². The van der Waals surface area contributed by atoms with E-state index in [1.807, 2.05) is 17.0 Å². The Bertz CT molecular complexity index is 843. The van der Waals surface area contributed by atoms with Crippen molar-refractivity contribution in [2.75, 3.05) is 39.9 Å². The van der Waals surface area contributed by atoms with Crippen LogP contribution in [0.5, 0.6) is 0 Å². The molecule has 1 amide bonds. The Labute approximate surface area is 163 Å². The quantitative estimate of drug-likeness (QED) is 0.798. The van der Waals surface area contributed by atoms with Crippen LogP contribution in [0.15, 0.2) is 29.0 Å². The van der Waals surface area contributed by atoms with Crippen LogP contribution in [0.1, 0.15) is 31.2 Å². The van der Waals surface area contributed by atoms with Crippen molar-refractivity contribution in [3.05, 3.63) is 30.4 Å². The molecular weight excluding hydrogens is 358 g/mol. The second-order valence-corrected chi connectivity index (χ2v) is 8.41. The van der Waals surface area contributed by atoms with Gasteiger partial charge in [0.2, 0.25) is 17.6 Å². The predicted molar refractivity (Wildman–Crippen MR) is 100 cm³/mol. The van der Waals surface area contributed by atoms with E-state index in [0.29, 0.717) is 30.8 Å². The predicted octanol–water partition coefficient (Wildman–Crippen LogP) is 1.76. The fraction of sp³-hybridized carbons (Fsp3) is 0.600. The molecule has 0 aliphatic carbocycles. The van der Waals surface area contributed by atoms with Crippen LogP contribution in [0.3, 0.4) is 0 Å². The van der Waals surface area contributed by atoms with Crippen LogP contribution in [-0.4, -0.2) is 70.7 Å². The van der Waals surface area contributed by atoms with Gasteiger partial charge >= 0.3 is 0 Å². The van der Waals surface area contributed by atoms with Crippen LogP contribution in [-0.2, 0) is 9.53 Å². The zero-order valence-electron chi connectivity index (χ0n) is 16.1. The molecule has 3 aliphatic rings. The lowest BCUT2D eigenvalue weighted by molar-refractivity contribution is -0.150. The van der Waals surface area contributed by atoms with Crippen molar-refractivity contribution in [1.82, 2.24) is 24.9 Å². The van der Waals surface area contributed by atoms with E-state index in [1.54, 1.807) is 12.4 Å². The minimum atomic E-state index is 0.0956. The summed E-state index contributed by atoms with van der Waals surface area (Å²) in [6.07, 6.45) is 6.10. The van der Waals surface area contributed by atoms with Gasteiger partial charge in [0.25, 0.3) is 0 Å². The fourth-order valence-corrected chi connectivity index (χ4v) is 4.88. The minimum Gasteiger partial charge on any atom is -0.381 e. The molecule has 3 fully saturated rings. The second-order valence-electron chi connectivity index (χ2n) is 8.41. The number of hydrogen-bond donors (Lipinski definition) is 0. The van der Waals surface area contributed by atoms with Crippen molar-refractivity contribution >= 4 is 5.91 Å². The van der Waals surface area contributed by atoms with E-state index >= 15 is 0 Å². The molecule has 0 saturated carbocycles. The van der Waals surface area contributed by atoms with E-state index < -0.39 is 0 Å². The molecule has 1 unspecified atom stereocenters. The third-order valence-corrected chi connectivity index (χ3v) is 6.32. The number of amides is 1. The molecule has 8 heteroatoms. The lowest BCUT2D eigenvalue weighted by atomic mass is 9.77. The maximum Gasteiger partial charge on any atom is 0.244 e. The molecule has 2 aromatic rings. The molecule has 0 aromatic carbocycles. The Hall–Kier alpha value is -2.32. The van der Waals surface area contributed by atoms with Crippen molar-refractivity contribution in [3.8, 4) is 11.4 Å². The number of aromatic nitrogens is 3. The van der Waals surface area contributed by atoms with Gasteiger partial charge in [-0.15, -0.1) is 0 Å². The van der Waals surface area contributed by atoms with E-state index in [1.165, 1.54) is 0 Å². The number of pyridine rings is 1. The molecule has 2 aromatic heterocycles. The average molecular weight is 383 g/mol. The normalized spacial score (nSPS) is 25.2. The molecule has 148 valence electrons. The summed E-state index contributed by atoms with van der Waals surface area (Å²) in [5, 5.41) is 4.13. The summed E-state index contributed by atoms with van der Waals surface area (Å²) in [6, 6.07) is 3.88. The van der Waals surface area contributed by atoms with E-state index in [-0.39, 0.29) is 17.4 Å². The molecule has 0 radical (unpaired) electrons. The Morgan fingerprint density at radius 1 is 1.25 bits per heavy atom.